The van der Waals surface area contributed by atoms with Gasteiger partial charge in [0.25, 0.3) is 0 Å². The van der Waals surface area contributed by atoms with E-state index in [1.165, 1.54) is 14.2 Å². The third kappa shape index (κ3) is 5.09. The zero-order valence-corrected chi connectivity index (χ0v) is 16.8. The number of hydrogen-bond donors (Lipinski definition) is 0. The van der Waals surface area contributed by atoms with E-state index in [1.54, 1.807) is 29.2 Å². The van der Waals surface area contributed by atoms with Gasteiger partial charge in [0.15, 0.2) is 0 Å². The first-order valence-corrected chi connectivity index (χ1v) is 9.29. The summed E-state index contributed by atoms with van der Waals surface area (Å²) in [5.41, 5.74) is 0.846. The standard InChI is InChI=1S/C22H23NO7/c1-26-21(24)19-14-28-15-23(20(19)22(25)27-2)16-8-10-18(11-9-16)30-13-12-29-17-6-4-3-5-7-17/h3-11H,12-15H2,1-2H3. The molecule has 0 N–H and O–H groups in total. The second kappa shape index (κ2) is 10.3. The lowest BCUT2D eigenvalue weighted by molar-refractivity contribution is -0.140. The Morgan fingerprint density at radius 1 is 0.867 bits per heavy atom. The van der Waals surface area contributed by atoms with Crippen molar-refractivity contribution in [1.29, 1.82) is 0 Å². The normalized spacial score (nSPS) is 13.6. The van der Waals surface area contributed by atoms with Gasteiger partial charge in [0.05, 0.1) is 26.4 Å². The fourth-order valence-corrected chi connectivity index (χ4v) is 2.91. The molecule has 0 atom stereocenters. The number of esters is 2. The molecule has 8 nitrogen and oxygen atoms in total. The van der Waals surface area contributed by atoms with Gasteiger partial charge in [-0.25, -0.2) is 9.59 Å². The molecule has 0 radical (unpaired) electrons. The SMILES string of the molecule is COC(=O)C1=C(C(=O)OC)N(c2ccc(OCCOc3ccccc3)cc2)COC1. The summed E-state index contributed by atoms with van der Waals surface area (Å²) >= 11 is 0. The number of carbonyl (C=O) groups is 2. The van der Waals surface area contributed by atoms with Gasteiger partial charge in [-0.1, -0.05) is 18.2 Å². The Morgan fingerprint density at radius 3 is 2.07 bits per heavy atom. The molecule has 2 aromatic carbocycles. The highest BCUT2D eigenvalue weighted by atomic mass is 16.5. The van der Waals surface area contributed by atoms with Gasteiger partial charge in [0.1, 0.15) is 37.1 Å². The van der Waals surface area contributed by atoms with Crippen molar-refractivity contribution in [3.05, 3.63) is 65.9 Å². The van der Waals surface area contributed by atoms with Crippen molar-refractivity contribution in [2.45, 2.75) is 0 Å². The van der Waals surface area contributed by atoms with Crippen LogP contribution in [0.25, 0.3) is 0 Å². The molecule has 0 aromatic heterocycles. The Morgan fingerprint density at radius 2 is 1.47 bits per heavy atom. The maximum Gasteiger partial charge on any atom is 0.355 e. The molecular formula is C22H23NO7. The molecule has 8 heteroatoms. The number of rotatable bonds is 8. The zero-order valence-electron chi connectivity index (χ0n) is 16.8. The number of carbonyl (C=O) groups excluding carboxylic acids is 2. The monoisotopic (exact) mass is 413 g/mol. The second-order valence-corrected chi connectivity index (χ2v) is 6.22. The summed E-state index contributed by atoms with van der Waals surface area (Å²) in [6.07, 6.45) is 0. The van der Waals surface area contributed by atoms with Crippen LogP contribution in [0.3, 0.4) is 0 Å². The topological polar surface area (TPSA) is 83.5 Å². The maximum atomic E-state index is 12.3. The minimum absolute atomic E-state index is 0.0315. The number of benzene rings is 2. The van der Waals surface area contributed by atoms with Crippen LogP contribution >= 0.6 is 0 Å². The molecule has 158 valence electrons. The van der Waals surface area contributed by atoms with Gasteiger partial charge in [-0.3, -0.25) is 0 Å². The highest BCUT2D eigenvalue weighted by Crippen LogP contribution is 2.28. The Kier molecular flexibility index (Phi) is 7.29. The highest BCUT2D eigenvalue weighted by molar-refractivity contribution is 6.03. The molecule has 1 aliphatic heterocycles. The molecule has 0 fully saturated rings. The molecule has 0 saturated heterocycles. The van der Waals surface area contributed by atoms with Crippen LogP contribution in [0.2, 0.25) is 0 Å². The molecule has 2 aromatic rings. The van der Waals surface area contributed by atoms with Gasteiger partial charge in [-0.2, -0.15) is 0 Å². The van der Waals surface area contributed by atoms with Crippen LogP contribution in [0.15, 0.2) is 65.9 Å². The van der Waals surface area contributed by atoms with E-state index >= 15 is 0 Å². The van der Waals surface area contributed by atoms with Crippen molar-refractivity contribution in [2.75, 3.05) is 45.7 Å². The predicted molar refractivity (Wildman–Crippen MR) is 108 cm³/mol. The summed E-state index contributed by atoms with van der Waals surface area (Å²) in [4.78, 5) is 25.9. The average Bonchev–Trinajstić information content (AvgIpc) is 2.81. The maximum absolute atomic E-state index is 12.3. The number of nitrogens with zero attached hydrogens (tertiary/aromatic N) is 1. The number of anilines is 1. The van der Waals surface area contributed by atoms with Crippen molar-refractivity contribution >= 4 is 17.6 Å². The van der Waals surface area contributed by atoms with Crippen molar-refractivity contribution in [3.8, 4) is 11.5 Å². The largest absolute Gasteiger partial charge is 0.490 e. The van der Waals surface area contributed by atoms with Crippen molar-refractivity contribution in [3.63, 3.8) is 0 Å². The van der Waals surface area contributed by atoms with Gasteiger partial charge in [0.2, 0.25) is 0 Å². The van der Waals surface area contributed by atoms with Gasteiger partial charge < -0.3 is 28.6 Å². The fraction of sp³-hybridized carbons (Fsp3) is 0.273. The summed E-state index contributed by atoms with van der Waals surface area (Å²) in [6.45, 7) is 0.844. The van der Waals surface area contributed by atoms with E-state index in [0.29, 0.717) is 24.7 Å². The quantitative estimate of drug-likeness (QED) is 0.482. The molecule has 0 unspecified atom stereocenters. The lowest BCUT2D eigenvalue weighted by Crippen LogP contribution is -2.38. The lowest BCUT2D eigenvalue weighted by Gasteiger charge is -2.31. The zero-order chi connectivity index (χ0) is 21.3. The van der Waals surface area contributed by atoms with Crippen molar-refractivity contribution < 1.29 is 33.3 Å². The summed E-state index contributed by atoms with van der Waals surface area (Å²) < 4.78 is 26.4. The third-order valence-electron chi connectivity index (χ3n) is 4.35. The molecule has 1 heterocycles. The van der Waals surface area contributed by atoms with Crippen LogP contribution in [0.1, 0.15) is 0 Å². The number of methoxy groups -OCH3 is 2. The molecule has 1 aliphatic rings. The lowest BCUT2D eigenvalue weighted by atomic mass is 10.1. The molecule has 0 bridgehead atoms. The van der Waals surface area contributed by atoms with Gasteiger partial charge in [-0.05, 0) is 36.4 Å². The van der Waals surface area contributed by atoms with Crippen LogP contribution < -0.4 is 14.4 Å². The van der Waals surface area contributed by atoms with E-state index < -0.39 is 11.9 Å². The summed E-state index contributed by atoms with van der Waals surface area (Å²) in [5, 5.41) is 0. The molecular weight excluding hydrogens is 390 g/mol. The van der Waals surface area contributed by atoms with E-state index in [2.05, 4.69) is 0 Å². The first kappa shape index (κ1) is 21.2. The molecule has 30 heavy (non-hydrogen) atoms. The highest BCUT2D eigenvalue weighted by Gasteiger charge is 2.32. The van der Waals surface area contributed by atoms with Crippen LogP contribution in [0.5, 0.6) is 11.5 Å². The van der Waals surface area contributed by atoms with Gasteiger partial charge >= 0.3 is 11.9 Å². The first-order valence-electron chi connectivity index (χ1n) is 9.29. The van der Waals surface area contributed by atoms with E-state index in [9.17, 15) is 9.59 Å². The van der Waals surface area contributed by atoms with Crippen LogP contribution in [-0.4, -0.2) is 52.7 Å². The van der Waals surface area contributed by atoms with Crippen molar-refractivity contribution in [2.24, 2.45) is 0 Å². The average molecular weight is 413 g/mol. The van der Waals surface area contributed by atoms with E-state index in [4.69, 9.17) is 23.7 Å². The fourth-order valence-electron chi connectivity index (χ4n) is 2.91. The Labute approximate surface area is 174 Å². The van der Waals surface area contributed by atoms with Crippen LogP contribution in [-0.2, 0) is 23.8 Å². The molecule has 0 aliphatic carbocycles. The molecule has 3 rings (SSSR count). The number of hydrogen-bond acceptors (Lipinski definition) is 8. The molecule has 0 spiro atoms. The van der Waals surface area contributed by atoms with Crippen molar-refractivity contribution in [1.82, 2.24) is 0 Å². The summed E-state index contributed by atoms with van der Waals surface area (Å²) in [7, 11) is 2.50. The van der Waals surface area contributed by atoms with Gasteiger partial charge in [0, 0.05) is 5.69 Å². The Hall–Kier alpha value is -3.52. The summed E-state index contributed by atoms with van der Waals surface area (Å²) in [6, 6.07) is 16.5. The third-order valence-corrected chi connectivity index (χ3v) is 4.35. The number of ether oxygens (including phenoxy) is 5. The first-order chi connectivity index (χ1) is 14.6. The molecule has 0 amide bonds. The molecule has 0 saturated carbocycles. The summed E-state index contributed by atoms with van der Waals surface area (Å²) in [5.74, 6) is 0.144. The van der Waals surface area contributed by atoms with Gasteiger partial charge in [-0.15, -0.1) is 0 Å². The van der Waals surface area contributed by atoms with E-state index in [1.807, 2.05) is 30.3 Å². The minimum atomic E-state index is -0.642. The smallest absolute Gasteiger partial charge is 0.355 e. The van der Waals surface area contributed by atoms with Crippen LogP contribution in [0.4, 0.5) is 5.69 Å². The predicted octanol–water partition coefficient (Wildman–Crippen LogP) is 2.54. The van der Waals surface area contributed by atoms with E-state index in [-0.39, 0.29) is 24.6 Å². The minimum Gasteiger partial charge on any atom is -0.490 e. The van der Waals surface area contributed by atoms with Crippen LogP contribution in [0, 0.1) is 0 Å². The van der Waals surface area contributed by atoms with E-state index in [0.717, 1.165) is 5.75 Å². The Bertz CT molecular complexity index is 893. The Balaban J connectivity index is 1.66. The second-order valence-electron chi connectivity index (χ2n) is 6.22. The number of para-hydroxylation sites is 1.